The number of rotatable bonds is 33. The molecule has 0 aliphatic heterocycles. The van der Waals surface area contributed by atoms with E-state index in [9.17, 15) is 30.0 Å². The average Bonchev–Trinajstić information content (AvgIpc) is 2.97. The molecule has 0 fully saturated rings. The summed E-state index contributed by atoms with van der Waals surface area (Å²) in [7, 11) is 0. The molecule has 0 aliphatic rings. The zero-order chi connectivity index (χ0) is 32.1. The quantitative estimate of drug-likeness (QED) is 0.0465. The SMILES string of the molecule is CCCCCCCCC(O)C(O)CCCCCCC(C(=O)O)C(CCCCCCCC(=O)O)C(O)CCCCCCCC. The third-order valence-corrected chi connectivity index (χ3v) is 9.17. The average molecular weight is 615 g/mol. The normalized spacial score (nSPS) is 15.2. The van der Waals surface area contributed by atoms with Gasteiger partial charge in [0.05, 0.1) is 24.2 Å². The molecule has 0 heterocycles. The number of hydrogen-bond acceptors (Lipinski definition) is 5. The first-order chi connectivity index (χ1) is 20.7. The van der Waals surface area contributed by atoms with Crippen LogP contribution in [0.5, 0.6) is 0 Å². The molecule has 5 N–H and O–H groups in total. The summed E-state index contributed by atoms with van der Waals surface area (Å²) < 4.78 is 0. The molecule has 0 saturated heterocycles. The Bertz CT molecular complexity index is 641. The topological polar surface area (TPSA) is 135 Å². The van der Waals surface area contributed by atoms with E-state index in [0.29, 0.717) is 38.5 Å². The van der Waals surface area contributed by atoms with Gasteiger partial charge in [-0.15, -0.1) is 0 Å². The van der Waals surface area contributed by atoms with Crippen LogP contribution in [0.2, 0.25) is 0 Å². The zero-order valence-electron chi connectivity index (χ0n) is 28.0. The van der Waals surface area contributed by atoms with Crippen LogP contribution in [0.4, 0.5) is 0 Å². The van der Waals surface area contributed by atoms with Gasteiger partial charge in [-0.1, -0.05) is 142 Å². The molecule has 7 nitrogen and oxygen atoms in total. The minimum absolute atomic E-state index is 0.194. The molecule has 5 atom stereocenters. The van der Waals surface area contributed by atoms with Crippen LogP contribution >= 0.6 is 0 Å². The highest BCUT2D eigenvalue weighted by Crippen LogP contribution is 2.31. The number of unbranched alkanes of at least 4 members (excludes halogenated alkanes) is 17. The van der Waals surface area contributed by atoms with Crippen molar-refractivity contribution in [3.63, 3.8) is 0 Å². The fourth-order valence-electron chi connectivity index (χ4n) is 6.31. The molecular weight excluding hydrogens is 544 g/mol. The van der Waals surface area contributed by atoms with Crippen molar-refractivity contribution in [1.29, 1.82) is 0 Å². The Labute approximate surface area is 264 Å². The van der Waals surface area contributed by atoms with Crippen molar-refractivity contribution < 1.29 is 35.1 Å². The first-order valence-corrected chi connectivity index (χ1v) is 18.2. The molecule has 5 unspecified atom stereocenters. The highest BCUT2D eigenvalue weighted by atomic mass is 16.4. The van der Waals surface area contributed by atoms with E-state index in [2.05, 4.69) is 13.8 Å². The summed E-state index contributed by atoms with van der Waals surface area (Å²) in [5, 5.41) is 50.7. The maximum Gasteiger partial charge on any atom is 0.306 e. The van der Waals surface area contributed by atoms with Gasteiger partial charge < -0.3 is 25.5 Å². The number of aliphatic hydroxyl groups is 3. The first-order valence-electron chi connectivity index (χ1n) is 18.2. The number of aliphatic hydroxyl groups excluding tert-OH is 3. The van der Waals surface area contributed by atoms with Crippen molar-refractivity contribution in [2.24, 2.45) is 11.8 Å². The van der Waals surface area contributed by atoms with Gasteiger partial charge in [-0.2, -0.15) is 0 Å². The Kier molecular flexibility index (Phi) is 28.7. The van der Waals surface area contributed by atoms with Gasteiger partial charge in [0.1, 0.15) is 0 Å². The van der Waals surface area contributed by atoms with Crippen molar-refractivity contribution >= 4 is 11.9 Å². The summed E-state index contributed by atoms with van der Waals surface area (Å²) in [6, 6.07) is 0. The lowest BCUT2D eigenvalue weighted by Crippen LogP contribution is -2.33. The summed E-state index contributed by atoms with van der Waals surface area (Å²) in [5.41, 5.74) is 0. The van der Waals surface area contributed by atoms with E-state index in [4.69, 9.17) is 5.11 Å². The first kappa shape index (κ1) is 41.8. The van der Waals surface area contributed by atoms with Gasteiger partial charge in [0.15, 0.2) is 0 Å². The summed E-state index contributed by atoms with van der Waals surface area (Å²) in [4.78, 5) is 23.1. The molecule has 0 aromatic heterocycles. The van der Waals surface area contributed by atoms with Gasteiger partial charge in [-0.05, 0) is 44.4 Å². The molecule has 0 aromatic rings. The molecule has 0 spiro atoms. The van der Waals surface area contributed by atoms with Gasteiger partial charge in [-0.25, -0.2) is 0 Å². The second kappa shape index (κ2) is 29.5. The van der Waals surface area contributed by atoms with E-state index >= 15 is 0 Å². The van der Waals surface area contributed by atoms with Gasteiger partial charge in [0.25, 0.3) is 0 Å². The molecule has 43 heavy (non-hydrogen) atoms. The van der Waals surface area contributed by atoms with Crippen LogP contribution in [0, 0.1) is 11.8 Å². The fourth-order valence-corrected chi connectivity index (χ4v) is 6.31. The number of aliphatic carboxylic acids is 2. The van der Waals surface area contributed by atoms with Crippen LogP contribution < -0.4 is 0 Å². The molecular formula is C36H70O7. The second-order valence-corrected chi connectivity index (χ2v) is 13.1. The van der Waals surface area contributed by atoms with Crippen molar-refractivity contribution in [2.75, 3.05) is 0 Å². The van der Waals surface area contributed by atoms with Crippen LogP contribution in [0.15, 0.2) is 0 Å². The molecule has 256 valence electrons. The minimum Gasteiger partial charge on any atom is -0.481 e. The standard InChI is InChI=1S/C36H70O7/c1-3-5-7-9-13-20-26-32(37)30(24-18-12-11-15-23-29-35(40)41)31(36(42)43)25-19-16-17-22-28-34(39)33(38)27-21-14-10-8-6-4-2/h30-34,37-39H,3-29H2,1-2H3,(H,40,41)(H,42,43). The molecule has 0 amide bonds. The lowest BCUT2D eigenvalue weighted by Gasteiger charge is -2.29. The Morgan fingerprint density at radius 3 is 1.21 bits per heavy atom. The highest BCUT2D eigenvalue weighted by Gasteiger charge is 2.32. The lowest BCUT2D eigenvalue weighted by atomic mass is 9.79. The van der Waals surface area contributed by atoms with Gasteiger partial charge in [0, 0.05) is 6.42 Å². The third-order valence-electron chi connectivity index (χ3n) is 9.17. The Morgan fingerprint density at radius 1 is 0.442 bits per heavy atom. The van der Waals surface area contributed by atoms with E-state index in [1.807, 2.05) is 0 Å². The Balaban J connectivity index is 4.60. The van der Waals surface area contributed by atoms with Crippen molar-refractivity contribution in [1.82, 2.24) is 0 Å². The van der Waals surface area contributed by atoms with Crippen LogP contribution in [0.3, 0.4) is 0 Å². The van der Waals surface area contributed by atoms with Crippen LogP contribution in [-0.4, -0.2) is 55.8 Å². The maximum absolute atomic E-state index is 12.3. The Hall–Kier alpha value is -1.18. The predicted octanol–water partition coefficient (Wildman–Crippen LogP) is 9.04. The minimum atomic E-state index is -0.818. The monoisotopic (exact) mass is 615 g/mol. The van der Waals surface area contributed by atoms with Crippen LogP contribution in [0.1, 0.15) is 187 Å². The molecule has 0 radical (unpaired) electrons. The highest BCUT2D eigenvalue weighted by molar-refractivity contribution is 5.70. The van der Waals surface area contributed by atoms with Gasteiger partial charge in [0.2, 0.25) is 0 Å². The summed E-state index contributed by atoms with van der Waals surface area (Å²) in [6.45, 7) is 4.39. The van der Waals surface area contributed by atoms with Crippen molar-refractivity contribution in [3.8, 4) is 0 Å². The van der Waals surface area contributed by atoms with Gasteiger partial charge in [-0.3, -0.25) is 9.59 Å². The number of hydrogen-bond donors (Lipinski definition) is 5. The summed E-state index contributed by atoms with van der Waals surface area (Å²) in [5.74, 6) is -2.40. The number of carboxylic acid groups (broad SMARTS) is 2. The van der Waals surface area contributed by atoms with E-state index in [1.165, 1.54) is 44.9 Å². The fraction of sp³-hybridized carbons (Fsp3) is 0.944. The van der Waals surface area contributed by atoms with Crippen LogP contribution in [-0.2, 0) is 9.59 Å². The van der Waals surface area contributed by atoms with E-state index in [1.54, 1.807) is 0 Å². The molecule has 0 saturated carbocycles. The van der Waals surface area contributed by atoms with Crippen molar-refractivity contribution in [3.05, 3.63) is 0 Å². The molecule has 0 aliphatic carbocycles. The number of carbonyl (C=O) groups is 2. The Morgan fingerprint density at radius 2 is 0.791 bits per heavy atom. The van der Waals surface area contributed by atoms with E-state index in [-0.39, 0.29) is 12.3 Å². The second-order valence-electron chi connectivity index (χ2n) is 13.1. The predicted molar refractivity (Wildman–Crippen MR) is 176 cm³/mol. The molecule has 0 bridgehead atoms. The molecule has 7 heteroatoms. The largest absolute Gasteiger partial charge is 0.481 e. The maximum atomic E-state index is 12.3. The smallest absolute Gasteiger partial charge is 0.306 e. The van der Waals surface area contributed by atoms with E-state index < -0.39 is 36.2 Å². The number of carboxylic acids is 2. The molecule has 0 rings (SSSR count). The van der Waals surface area contributed by atoms with E-state index in [0.717, 1.165) is 83.5 Å². The van der Waals surface area contributed by atoms with Crippen molar-refractivity contribution in [2.45, 2.75) is 206 Å². The van der Waals surface area contributed by atoms with Crippen LogP contribution in [0.25, 0.3) is 0 Å². The zero-order valence-corrected chi connectivity index (χ0v) is 28.0. The third kappa shape index (κ3) is 24.8. The molecule has 0 aromatic carbocycles. The summed E-state index contributed by atoms with van der Waals surface area (Å²) >= 11 is 0. The van der Waals surface area contributed by atoms with Gasteiger partial charge >= 0.3 is 11.9 Å². The summed E-state index contributed by atoms with van der Waals surface area (Å²) in [6.07, 6.45) is 22.8. The lowest BCUT2D eigenvalue weighted by molar-refractivity contribution is -0.146.